The lowest BCUT2D eigenvalue weighted by atomic mass is 10.1. The summed E-state index contributed by atoms with van der Waals surface area (Å²) in [6.45, 7) is 1.70. The van der Waals surface area contributed by atoms with E-state index in [4.69, 9.17) is 5.73 Å². The van der Waals surface area contributed by atoms with Gasteiger partial charge in [0.25, 0.3) is 0 Å². The molecule has 136 valence electrons. The lowest BCUT2D eigenvalue weighted by molar-refractivity contribution is 0.560. The third kappa shape index (κ3) is 3.17. The molecule has 0 spiro atoms. The summed E-state index contributed by atoms with van der Waals surface area (Å²) in [5, 5.41) is 3.75. The molecule has 0 saturated carbocycles. The number of nitrogens with two attached hydrogens (primary N) is 1. The molecule has 0 unspecified atom stereocenters. The van der Waals surface area contributed by atoms with Crippen molar-refractivity contribution < 1.29 is 8.78 Å². The van der Waals surface area contributed by atoms with Crippen molar-refractivity contribution in [3.63, 3.8) is 0 Å². The van der Waals surface area contributed by atoms with Gasteiger partial charge in [-0.1, -0.05) is 6.07 Å². The van der Waals surface area contributed by atoms with E-state index in [0.717, 1.165) is 11.1 Å². The van der Waals surface area contributed by atoms with Gasteiger partial charge in [0.2, 0.25) is 0 Å². The molecule has 0 saturated heterocycles. The highest BCUT2D eigenvalue weighted by atomic mass is 19.1. The van der Waals surface area contributed by atoms with E-state index in [1.54, 1.807) is 25.4 Å². The highest BCUT2D eigenvalue weighted by Crippen LogP contribution is 2.33. The molecule has 0 bridgehead atoms. The van der Waals surface area contributed by atoms with Crippen molar-refractivity contribution in [1.82, 2.24) is 19.9 Å². The number of fused-ring (bicyclic) bond motifs is 1. The number of anilines is 2. The van der Waals surface area contributed by atoms with Gasteiger partial charge in [-0.05, 0) is 36.8 Å². The Labute approximate surface area is 153 Å². The molecule has 0 aliphatic rings. The first-order valence-electron chi connectivity index (χ1n) is 8.27. The number of nitrogens with zero attached hydrogens (tertiary/aromatic N) is 3. The van der Waals surface area contributed by atoms with Crippen LogP contribution >= 0.6 is 0 Å². The fourth-order valence-corrected chi connectivity index (χ4v) is 2.99. The largest absolute Gasteiger partial charge is 0.384 e. The zero-order valence-corrected chi connectivity index (χ0v) is 14.4. The molecule has 4 rings (SSSR count). The van der Waals surface area contributed by atoms with Crippen LogP contribution in [0, 0.1) is 18.6 Å². The molecule has 0 aliphatic heterocycles. The van der Waals surface area contributed by atoms with Gasteiger partial charge in [-0.15, -0.1) is 0 Å². The number of halogens is 2. The molecule has 0 atom stereocenters. The zero-order valence-electron chi connectivity index (χ0n) is 14.4. The second-order valence-electron chi connectivity index (χ2n) is 6.07. The molecule has 27 heavy (non-hydrogen) atoms. The van der Waals surface area contributed by atoms with Crippen molar-refractivity contribution in [2.24, 2.45) is 0 Å². The normalized spacial score (nSPS) is 11.1. The van der Waals surface area contributed by atoms with Gasteiger partial charge in [-0.3, -0.25) is 0 Å². The Morgan fingerprint density at radius 1 is 1.15 bits per heavy atom. The summed E-state index contributed by atoms with van der Waals surface area (Å²) in [4.78, 5) is 15.9. The first-order chi connectivity index (χ1) is 13.0. The summed E-state index contributed by atoms with van der Waals surface area (Å²) in [6, 6.07) is 7.34. The summed E-state index contributed by atoms with van der Waals surface area (Å²) in [5.74, 6) is 0.174. The summed E-state index contributed by atoms with van der Waals surface area (Å²) < 4.78 is 27.9. The van der Waals surface area contributed by atoms with E-state index in [9.17, 15) is 8.78 Å². The zero-order chi connectivity index (χ0) is 19.0. The van der Waals surface area contributed by atoms with Crippen molar-refractivity contribution in [2.75, 3.05) is 11.1 Å². The van der Waals surface area contributed by atoms with Gasteiger partial charge in [-0.25, -0.2) is 23.7 Å². The van der Waals surface area contributed by atoms with E-state index in [-0.39, 0.29) is 12.1 Å². The average molecular weight is 366 g/mol. The maximum Gasteiger partial charge on any atom is 0.143 e. The summed E-state index contributed by atoms with van der Waals surface area (Å²) in [5.41, 5.74) is 8.00. The fourth-order valence-electron chi connectivity index (χ4n) is 2.99. The quantitative estimate of drug-likeness (QED) is 0.511. The Morgan fingerprint density at radius 2 is 1.93 bits per heavy atom. The van der Waals surface area contributed by atoms with Crippen molar-refractivity contribution in [3.05, 3.63) is 65.7 Å². The number of aromatic amines is 1. The maximum absolute atomic E-state index is 13.9. The van der Waals surface area contributed by atoms with Gasteiger partial charge in [0.15, 0.2) is 0 Å². The monoisotopic (exact) mass is 366 g/mol. The van der Waals surface area contributed by atoms with Crippen LogP contribution in [0.5, 0.6) is 0 Å². The van der Waals surface area contributed by atoms with Crippen LogP contribution in [0.25, 0.3) is 22.2 Å². The van der Waals surface area contributed by atoms with E-state index in [1.165, 1.54) is 18.2 Å². The topological polar surface area (TPSA) is 92.5 Å². The molecule has 0 amide bonds. The minimum Gasteiger partial charge on any atom is -0.384 e. The number of nitrogen functional groups attached to an aromatic ring is 1. The molecule has 0 fully saturated rings. The van der Waals surface area contributed by atoms with Crippen molar-refractivity contribution in [1.29, 1.82) is 0 Å². The van der Waals surface area contributed by atoms with E-state index in [2.05, 4.69) is 25.3 Å². The summed E-state index contributed by atoms with van der Waals surface area (Å²) in [7, 11) is 0. The molecule has 6 nitrogen and oxygen atoms in total. The number of H-pyrrole nitrogens is 1. The third-order valence-electron chi connectivity index (χ3n) is 4.23. The average Bonchev–Trinajstić information content (AvgIpc) is 3.05. The maximum atomic E-state index is 13.9. The van der Waals surface area contributed by atoms with E-state index >= 15 is 0 Å². The Hall–Kier alpha value is -3.55. The van der Waals surface area contributed by atoms with E-state index in [0.29, 0.717) is 28.5 Å². The second-order valence-corrected chi connectivity index (χ2v) is 6.07. The van der Waals surface area contributed by atoms with Crippen LogP contribution < -0.4 is 11.1 Å². The third-order valence-corrected chi connectivity index (χ3v) is 4.23. The van der Waals surface area contributed by atoms with Crippen molar-refractivity contribution >= 4 is 22.7 Å². The molecule has 4 aromatic rings. The van der Waals surface area contributed by atoms with Crippen LogP contribution in [0.2, 0.25) is 0 Å². The molecule has 1 aromatic carbocycles. The van der Waals surface area contributed by atoms with Crippen LogP contribution in [-0.2, 0) is 6.54 Å². The van der Waals surface area contributed by atoms with Crippen LogP contribution in [0.3, 0.4) is 0 Å². The minimum absolute atomic E-state index is 0.0484. The van der Waals surface area contributed by atoms with Crippen molar-refractivity contribution in [2.45, 2.75) is 13.5 Å². The van der Waals surface area contributed by atoms with Gasteiger partial charge in [-0.2, -0.15) is 0 Å². The molecular formula is C19H16F2N6. The molecule has 3 aromatic heterocycles. The fraction of sp³-hybridized carbons (Fsp3) is 0.105. The number of hydrogen-bond acceptors (Lipinski definition) is 5. The first-order valence-corrected chi connectivity index (χ1v) is 8.27. The molecule has 4 N–H and O–H groups in total. The number of aryl methyl sites for hydroxylation is 1. The van der Waals surface area contributed by atoms with Crippen LogP contribution in [-0.4, -0.2) is 19.9 Å². The highest BCUT2D eigenvalue weighted by molar-refractivity contribution is 6.01. The lowest BCUT2D eigenvalue weighted by Gasteiger charge is -2.11. The number of hydrogen-bond donors (Lipinski definition) is 3. The second kappa shape index (κ2) is 6.64. The van der Waals surface area contributed by atoms with Crippen molar-refractivity contribution in [3.8, 4) is 11.1 Å². The van der Waals surface area contributed by atoms with Gasteiger partial charge >= 0.3 is 0 Å². The SMILES string of the molecule is Cc1nc(NCc2c(F)cccc2F)c2c(-c3ccnc(N)c3)c[nH]c2n1. The lowest BCUT2D eigenvalue weighted by Crippen LogP contribution is -2.07. The number of rotatable bonds is 4. The van der Waals surface area contributed by atoms with Gasteiger partial charge in [0.05, 0.1) is 5.39 Å². The predicted octanol–water partition coefficient (Wildman–Crippen LogP) is 3.80. The Bertz CT molecular complexity index is 1120. The molecular weight excluding hydrogens is 350 g/mol. The Balaban J connectivity index is 1.79. The van der Waals surface area contributed by atoms with Crippen LogP contribution in [0.4, 0.5) is 20.4 Å². The molecule has 0 aliphatic carbocycles. The number of benzene rings is 1. The summed E-state index contributed by atoms with van der Waals surface area (Å²) in [6.07, 6.45) is 3.41. The number of aromatic nitrogens is 4. The smallest absolute Gasteiger partial charge is 0.143 e. The Kier molecular flexibility index (Phi) is 4.15. The van der Waals surface area contributed by atoms with Crippen LogP contribution in [0.15, 0.2) is 42.7 Å². The molecule has 0 radical (unpaired) electrons. The number of nitrogens with one attached hydrogen (secondary N) is 2. The minimum atomic E-state index is -0.610. The standard InChI is InChI=1S/C19H16F2N6/c1-10-26-18-17(12(8-24-18)11-5-6-23-16(22)7-11)19(27-10)25-9-13-14(20)3-2-4-15(13)21/h2-8H,9H2,1H3,(H2,22,23)(H2,24,25,26,27). The number of pyridine rings is 1. The molecule has 8 heteroatoms. The van der Waals surface area contributed by atoms with Gasteiger partial charge in [0, 0.05) is 30.1 Å². The summed E-state index contributed by atoms with van der Waals surface area (Å²) >= 11 is 0. The molecule has 3 heterocycles. The van der Waals surface area contributed by atoms with Gasteiger partial charge in [0.1, 0.15) is 34.7 Å². The first kappa shape index (κ1) is 16.9. The van der Waals surface area contributed by atoms with E-state index < -0.39 is 11.6 Å². The van der Waals surface area contributed by atoms with E-state index in [1.807, 2.05) is 6.07 Å². The highest BCUT2D eigenvalue weighted by Gasteiger charge is 2.16. The van der Waals surface area contributed by atoms with Gasteiger partial charge < -0.3 is 16.0 Å². The predicted molar refractivity (Wildman–Crippen MR) is 100.0 cm³/mol. The Morgan fingerprint density at radius 3 is 2.67 bits per heavy atom. The van der Waals surface area contributed by atoms with Crippen LogP contribution in [0.1, 0.15) is 11.4 Å².